The van der Waals surface area contributed by atoms with Crippen molar-refractivity contribution in [3.8, 4) is 0 Å². The van der Waals surface area contributed by atoms with Gasteiger partial charge in [-0.15, -0.1) is 0 Å². The summed E-state index contributed by atoms with van der Waals surface area (Å²) in [7, 11) is 0. The monoisotopic (exact) mass is 492 g/mol. The fourth-order valence-electron chi connectivity index (χ4n) is 3.66. The predicted octanol–water partition coefficient (Wildman–Crippen LogP) is 4.07. The summed E-state index contributed by atoms with van der Waals surface area (Å²) in [6.45, 7) is 1.02. The van der Waals surface area contributed by atoms with Crippen molar-refractivity contribution in [2.45, 2.75) is 12.5 Å². The molecule has 3 N–H and O–H groups in total. The van der Waals surface area contributed by atoms with Crippen molar-refractivity contribution < 1.29 is 19.1 Å². The molecule has 3 aromatic carbocycles. The zero-order valence-electron chi connectivity index (χ0n) is 18.9. The van der Waals surface area contributed by atoms with Crippen molar-refractivity contribution in [1.29, 1.82) is 0 Å². The molecule has 0 radical (unpaired) electrons. The fraction of sp³-hybridized carbons (Fsp3) is 0.192. The molecule has 8 nitrogen and oxygen atoms in total. The molecule has 1 saturated heterocycles. The van der Waals surface area contributed by atoms with Crippen molar-refractivity contribution >= 4 is 46.5 Å². The topological polar surface area (TPSA) is 99.8 Å². The molecule has 1 aliphatic rings. The third kappa shape index (κ3) is 6.81. The van der Waals surface area contributed by atoms with E-state index in [1.807, 2.05) is 30.3 Å². The maximum atomic E-state index is 13.1. The molecule has 9 heteroatoms. The minimum absolute atomic E-state index is 0.0589. The van der Waals surface area contributed by atoms with E-state index in [1.54, 1.807) is 53.4 Å². The molecule has 0 saturated carbocycles. The Morgan fingerprint density at radius 1 is 0.914 bits per heavy atom. The Kier molecular flexibility index (Phi) is 7.97. The SMILES string of the molecule is O=C(Nc1ccc(Cl)cc1)N[C@H](Cc1ccccc1)C(=O)Nc1ccc(N2CCOCC2=O)cc1. The Morgan fingerprint density at radius 2 is 1.57 bits per heavy atom. The quantitative estimate of drug-likeness (QED) is 0.463. The average Bonchev–Trinajstić information content (AvgIpc) is 2.86. The first-order valence-corrected chi connectivity index (χ1v) is 11.5. The molecular formula is C26H25ClN4O4. The largest absolute Gasteiger partial charge is 0.370 e. The first-order chi connectivity index (χ1) is 17.0. The second-order valence-corrected chi connectivity index (χ2v) is 8.42. The van der Waals surface area contributed by atoms with Crippen LogP contribution in [0.3, 0.4) is 0 Å². The minimum atomic E-state index is -0.829. The third-order valence-electron chi connectivity index (χ3n) is 5.44. The number of morpholine rings is 1. The van der Waals surface area contributed by atoms with E-state index in [2.05, 4.69) is 16.0 Å². The fourth-order valence-corrected chi connectivity index (χ4v) is 3.79. The second-order valence-electron chi connectivity index (χ2n) is 7.98. The number of carbonyl (C=O) groups excluding carboxylic acids is 3. The van der Waals surface area contributed by atoms with Gasteiger partial charge in [0.2, 0.25) is 5.91 Å². The number of urea groups is 1. The standard InChI is InChI=1S/C26H25ClN4O4/c27-19-6-8-21(9-7-19)29-26(34)30-23(16-18-4-2-1-3-5-18)25(33)28-20-10-12-22(13-11-20)31-14-15-35-17-24(31)32/h1-13,23H,14-17H2,(H,28,33)(H2,29,30,34)/t23-/m1/s1. The lowest BCUT2D eigenvalue weighted by Crippen LogP contribution is -2.46. The molecule has 1 heterocycles. The molecule has 35 heavy (non-hydrogen) atoms. The first kappa shape index (κ1) is 24.3. The summed E-state index contributed by atoms with van der Waals surface area (Å²) in [5, 5.41) is 8.88. The Hall–Kier alpha value is -3.88. The van der Waals surface area contributed by atoms with Gasteiger partial charge in [0.25, 0.3) is 5.91 Å². The number of carbonyl (C=O) groups is 3. The number of nitrogens with zero attached hydrogens (tertiary/aromatic N) is 1. The number of amides is 4. The van der Waals surface area contributed by atoms with Crippen LogP contribution in [0.4, 0.5) is 21.9 Å². The molecule has 1 fully saturated rings. The number of rotatable bonds is 7. The highest BCUT2D eigenvalue weighted by Gasteiger charge is 2.23. The zero-order chi connectivity index (χ0) is 24.6. The van der Waals surface area contributed by atoms with Gasteiger partial charge in [-0.2, -0.15) is 0 Å². The van der Waals surface area contributed by atoms with Gasteiger partial charge in [0.15, 0.2) is 0 Å². The van der Waals surface area contributed by atoms with E-state index in [4.69, 9.17) is 16.3 Å². The summed E-state index contributed by atoms with van der Waals surface area (Å²) in [5.74, 6) is -0.470. The molecule has 0 bridgehead atoms. The maximum absolute atomic E-state index is 13.1. The van der Waals surface area contributed by atoms with Crippen LogP contribution in [0, 0.1) is 0 Å². The van der Waals surface area contributed by atoms with Crippen LogP contribution in [-0.4, -0.2) is 43.6 Å². The normalized spacial score (nSPS) is 14.2. The Morgan fingerprint density at radius 3 is 2.26 bits per heavy atom. The van der Waals surface area contributed by atoms with Gasteiger partial charge in [0.05, 0.1) is 6.61 Å². The van der Waals surface area contributed by atoms with E-state index in [1.165, 1.54) is 0 Å². The second kappa shape index (κ2) is 11.5. The number of ether oxygens (including phenoxy) is 1. The molecule has 0 aromatic heterocycles. The summed E-state index contributed by atoms with van der Waals surface area (Å²) in [5.41, 5.74) is 2.75. The van der Waals surface area contributed by atoms with Crippen molar-refractivity contribution in [3.63, 3.8) is 0 Å². The Labute approximate surface area is 208 Å². The van der Waals surface area contributed by atoms with Crippen LogP contribution in [0.2, 0.25) is 5.02 Å². The minimum Gasteiger partial charge on any atom is -0.370 e. The van der Waals surface area contributed by atoms with Crippen molar-refractivity contribution in [1.82, 2.24) is 5.32 Å². The van der Waals surface area contributed by atoms with Gasteiger partial charge in [0.1, 0.15) is 12.6 Å². The maximum Gasteiger partial charge on any atom is 0.319 e. The summed E-state index contributed by atoms with van der Waals surface area (Å²) >= 11 is 5.90. The number of hydrogen-bond donors (Lipinski definition) is 3. The molecule has 3 aromatic rings. The molecule has 0 spiro atoms. The summed E-state index contributed by atoms with van der Waals surface area (Å²) in [6, 6.07) is 21.8. The van der Waals surface area contributed by atoms with Crippen molar-refractivity contribution in [3.05, 3.63) is 89.4 Å². The van der Waals surface area contributed by atoms with E-state index < -0.39 is 12.1 Å². The number of halogens is 1. The number of benzene rings is 3. The number of nitrogens with one attached hydrogen (secondary N) is 3. The Balaban J connectivity index is 1.43. The summed E-state index contributed by atoms with van der Waals surface area (Å²) < 4.78 is 5.17. The van der Waals surface area contributed by atoms with Gasteiger partial charge >= 0.3 is 6.03 Å². The zero-order valence-corrected chi connectivity index (χ0v) is 19.6. The highest BCUT2D eigenvalue weighted by Crippen LogP contribution is 2.20. The van der Waals surface area contributed by atoms with Crippen LogP contribution in [0.5, 0.6) is 0 Å². The van der Waals surface area contributed by atoms with E-state index in [9.17, 15) is 14.4 Å². The molecule has 4 amide bonds. The van der Waals surface area contributed by atoms with E-state index >= 15 is 0 Å². The molecule has 1 aliphatic heterocycles. The van der Waals surface area contributed by atoms with Crippen molar-refractivity contribution in [2.24, 2.45) is 0 Å². The predicted molar refractivity (Wildman–Crippen MR) is 136 cm³/mol. The first-order valence-electron chi connectivity index (χ1n) is 11.1. The third-order valence-corrected chi connectivity index (χ3v) is 5.69. The van der Waals surface area contributed by atoms with Gasteiger partial charge in [-0.05, 0) is 54.1 Å². The number of anilines is 3. The highest BCUT2D eigenvalue weighted by atomic mass is 35.5. The molecule has 0 aliphatic carbocycles. The molecule has 4 rings (SSSR count). The molecule has 180 valence electrons. The van der Waals surface area contributed by atoms with Gasteiger partial charge in [-0.25, -0.2) is 4.79 Å². The van der Waals surface area contributed by atoms with Crippen LogP contribution in [0.25, 0.3) is 0 Å². The summed E-state index contributed by atoms with van der Waals surface area (Å²) in [6.07, 6.45) is 0.307. The lowest BCUT2D eigenvalue weighted by atomic mass is 10.1. The van der Waals surface area contributed by atoms with Gasteiger partial charge in [0, 0.05) is 35.1 Å². The van der Waals surface area contributed by atoms with Gasteiger partial charge in [-0.3, -0.25) is 9.59 Å². The molecular weight excluding hydrogens is 468 g/mol. The van der Waals surface area contributed by atoms with Crippen LogP contribution < -0.4 is 20.9 Å². The van der Waals surface area contributed by atoms with E-state index in [0.717, 1.165) is 11.3 Å². The van der Waals surface area contributed by atoms with Crippen LogP contribution in [-0.2, 0) is 20.7 Å². The van der Waals surface area contributed by atoms with E-state index in [-0.39, 0.29) is 18.4 Å². The molecule has 1 atom stereocenters. The average molecular weight is 493 g/mol. The van der Waals surface area contributed by atoms with Crippen LogP contribution in [0.1, 0.15) is 5.56 Å². The lowest BCUT2D eigenvalue weighted by Gasteiger charge is -2.27. The van der Waals surface area contributed by atoms with Crippen LogP contribution in [0.15, 0.2) is 78.9 Å². The number of hydrogen-bond acceptors (Lipinski definition) is 4. The molecule has 0 unspecified atom stereocenters. The van der Waals surface area contributed by atoms with Gasteiger partial charge < -0.3 is 25.6 Å². The van der Waals surface area contributed by atoms with Gasteiger partial charge in [-0.1, -0.05) is 41.9 Å². The summed E-state index contributed by atoms with van der Waals surface area (Å²) in [4.78, 5) is 39.5. The smallest absolute Gasteiger partial charge is 0.319 e. The van der Waals surface area contributed by atoms with Crippen molar-refractivity contribution in [2.75, 3.05) is 35.3 Å². The highest BCUT2D eigenvalue weighted by molar-refractivity contribution is 6.30. The van der Waals surface area contributed by atoms with Crippen LogP contribution >= 0.6 is 11.6 Å². The van der Waals surface area contributed by atoms with E-state index in [0.29, 0.717) is 36.0 Å². The Bertz CT molecular complexity index is 1170. The lowest BCUT2D eigenvalue weighted by molar-refractivity contribution is -0.125.